The summed E-state index contributed by atoms with van der Waals surface area (Å²) < 4.78 is 4.64. The summed E-state index contributed by atoms with van der Waals surface area (Å²) in [4.78, 5) is 30.0. The Morgan fingerprint density at radius 3 is 1.60 bits per heavy atom. The minimum absolute atomic E-state index is 0. The molecule has 0 aromatic rings. The Bertz CT molecular complexity index is 182. The molecular formula is C10H18O4Ti. The number of hydrogen-bond donors (Lipinski definition) is 0. The summed E-state index contributed by atoms with van der Waals surface area (Å²) in [5.41, 5.74) is 0. The van der Waals surface area contributed by atoms with Crippen molar-refractivity contribution in [3.63, 3.8) is 0 Å². The standard InChI is InChI=1S/C6H12O2.C4H6O2.Ti/c1-3-5-6(7)8-4-2;1-3(5)4(2)6;/h3-5H2,1-2H3;1-2H3;. The molecule has 0 amide bonds. The molecule has 4 nitrogen and oxygen atoms in total. The zero-order valence-corrected chi connectivity index (χ0v) is 11.3. The predicted molar refractivity (Wildman–Crippen MR) is 52.9 cm³/mol. The predicted octanol–water partition coefficient (Wildman–Crippen LogP) is 1.51. The van der Waals surface area contributed by atoms with Crippen LogP contribution in [0.25, 0.3) is 0 Å². The fourth-order valence-corrected chi connectivity index (χ4v) is 0.437. The second-order valence-electron chi connectivity index (χ2n) is 2.67. The van der Waals surface area contributed by atoms with Crippen LogP contribution in [0.5, 0.6) is 0 Å². The summed E-state index contributed by atoms with van der Waals surface area (Å²) in [5.74, 6) is -0.847. The number of carbonyl (C=O) groups excluding carboxylic acids is 3. The summed E-state index contributed by atoms with van der Waals surface area (Å²) in [6.07, 6.45) is 1.42. The van der Waals surface area contributed by atoms with Crippen molar-refractivity contribution in [2.24, 2.45) is 0 Å². The van der Waals surface area contributed by atoms with Gasteiger partial charge in [-0.15, -0.1) is 0 Å². The molecule has 0 aliphatic heterocycles. The van der Waals surface area contributed by atoms with Crippen LogP contribution < -0.4 is 0 Å². The van der Waals surface area contributed by atoms with E-state index < -0.39 is 0 Å². The van der Waals surface area contributed by atoms with E-state index in [9.17, 15) is 14.4 Å². The molecule has 0 rings (SSSR count). The van der Waals surface area contributed by atoms with Crippen molar-refractivity contribution < 1.29 is 40.8 Å². The molecule has 0 saturated heterocycles. The summed E-state index contributed by atoms with van der Waals surface area (Å²) >= 11 is 0. The average molecular weight is 250 g/mol. The van der Waals surface area contributed by atoms with Gasteiger partial charge in [-0.3, -0.25) is 14.4 Å². The van der Waals surface area contributed by atoms with Gasteiger partial charge >= 0.3 is 5.97 Å². The first-order valence-corrected chi connectivity index (χ1v) is 4.62. The first-order valence-electron chi connectivity index (χ1n) is 4.62. The molecular weight excluding hydrogens is 232 g/mol. The molecule has 15 heavy (non-hydrogen) atoms. The number of ketones is 2. The summed E-state index contributed by atoms with van der Waals surface area (Å²) in [5, 5.41) is 0. The summed E-state index contributed by atoms with van der Waals surface area (Å²) in [7, 11) is 0. The SMILES string of the molecule is CC(=O)C(C)=O.CCCC(=O)OCC.[Ti]. The van der Waals surface area contributed by atoms with E-state index in [1.54, 1.807) is 0 Å². The maximum atomic E-state index is 10.4. The Hall–Kier alpha value is -0.476. The molecule has 0 heterocycles. The van der Waals surface area contributed by atoms with Crippen molar-refractivity contribution in [3.8, 4) is 0 Å². The largest absolute Gasteiger partial charge is 0.466 e. The van der Waals surface area contributed by atoms with Crippen LogP contribution in [0.15, 0.2) is 0 Å². The van der Waals surface area contributed by atoms with Gasteiger partial charge < -0.3 is 4.74 Å². The summed E-state index contributed by atoms with van der Waals surface area (Å²) in [6, 6.07) is 0. The Morgan fingerprint density at radius 2 is 1.40 bits per heavy atom. The Balaban J connectivity index is -0.000000187. The van der Waals surface area contributed by atoms with Gasteiger partial charge in [0, 0.05) is 42.0 Å². The molecule has 0 bridgehead atoms. The molecule has 0 spiro atoms. The smallest absolute Gasteiger partial charge is 0.305 e. The fourth-order valence-electron chi connectivity index (χ4n) is 0.437. The molecule has 0 unspecified atom stereocenters. The Kier molecular flexibility index (Phi) is 18.0. The molecule has 0 atom stereocenters. The summed E-state index contributed by atoms with van der Waals surface area (Å²) in [6.45, 7) is 6.77. The maximum Gasteiger partial charge on any atom is 0.305 e. The normalized spacial score (nSPS) is 7.73. The van der Waals surface area contributed by atoms with E-state index in [-0.39, 0.29) is 39.3 Å². The zero-order valence-electron chi connectivity index (χ0n) is 9.75. The van der Waals surface area contributed by atoms with Crippen molar-refractivity contribution in [1.29, 1.82) is 0 Å². The molecule has 0 N–H and O–H groups in total. The van der Waals surface area contributed by atoms with E-state index in [0.29, 0.717) is 13.0 Å². The molecule has 0 radical (unpaired) electrons. The van der Waals surface area contributed by atoms with Crippen LogP contribution in [0.4, 0.5) is 0 Å². The van der Waals surface area contributed by atoms with E-state index in [0.717, 1.165) is 6.42 Å². The van der Waals surface area contributed by atoms with Gasteiger partial charge in [0.2, 0.25) is 0 Å². The van der Waals surface area contributed by atoms with Crippen molar-refractivity contribution in [1.82, 2.24) is 0 Å². The van der Waals surface area contributed by atoms with Gasteiger partial charge in [-0.25, -0.2) is 0 Å². The third-order valence-corrected chi connectivity index (χ3v) is 1.26. The van der Waals surface area contributed by atoms with E-state index in [1.807, 2.05) is 13.8 Å². The minimum Gasteiger partial charge on any atom is -0.466 e. The van der Waals surface area contributed by atoms with Gasteiger partial charge in [0.05, 0.1) is 6.61 Å². The first kappa shape index (κ1) is 20.0. The fraction of sp³-hybridized carbons (Fsp3) is 0.700. The van der Waals surface area contributed by atoms with E-state index in [4.69, 9.17) is 0 Å². The third-order valence-electron chi connectivity index (χ3n) is 1.26. The van der Waals surface area contributed by atoms with Gasteiger partial charge in [0.1, 0.15) is 0 Å². The second kappa shape index (κ2) is 13.5. The topological polar surface area (TPSA) is 60.4 Å². The number of ether oxygens (including phenoxy) is 1. The van der Waals surface area contributed by atoms with Gasteiger partial charge in [0.15, 0.2) is 11.6 Å². The van der Waals surface area contributed by atoms with Crippen molar-refractivity contribution >= 4 is 17.5 Å². The van der Waals surface area contributed by atoms with Crippen LogP contribution in [-0.2, 0) is 40.8 Å². The number of rotatable bonds is 4. The van der Waals surface area contributed by atoms with Crippen molar-refractivity contribution in [2.45, 2.75) is 40.5 Å². The molecule has 0 aromatic carbocycles. The van der Waals surface area contributed by atoms with Crippen LogP contribution in [-0.4, -0.2) is 24.1 Å². The molecule has 5 heteroatoms. The molecule has 0 saturated carbocycles. The molecule has 0 aliphatic rings. The number of carbonyl (C=O) groups is 3. The quantitative estimate of drug-likeness (QED) is 0.431. The maximum absolute atomic E-state index is 10.4. The first-order chi connectivity index (χ1) is 6.45. The van der Waals surface area contributed by atoms with Crippen LogP contribution in [0.2, 0.25) is 0 Å². The van der Waals surface area contributed by atoms with E-state index >= 15 is 0 Å². The molecule has 0 aliphatic carbocycles. The van der Waals surface area contributed by atoms with Gasteiger partial charge in [-0.05, 0) is 13.3 Å². The van der Waals surface area contributed by atoms with Gasteiger partial charge in [0.25, 0.3) is 0 Å². The number of Topliss-reactive ketones (excluding diaryl/α,β-unsaturated/α-hetero) is 2. The van der Waals surface area contributed by atoms with E-state index in [2.05, 4.69) is 4.74 Å². The van der Waals surface area contributed by atoms with E-state index in [1.165, 1.54) is 13.8 Å². The zero-order chi connectivity index (χ0) is 11.6. The van der Waals surface area contributed by atoms with Crippen LogP contribution >= 0.6 is 0 Å². The van der Waals surface area contributed by atoms with Crippen LogP contribution in [0, 0.1) is 0 Å². The molecule has 86 valence electrons. The second-order valence-corrected chi connectivity index (χ2v) is 2.67. The van der Waals surface area contributed by atoms with Gasteiger partial charge in [-0.1, -0.05) is 6.92 Å². The van der Waals surface area contributed by atoms with Crippen molar-refractivity contribution in [2.75, 3.05) is 6.61 Å². The minimum atomic E-state index is -0.380. The Labute approximate surface area is 106 Å². The van der Waals surface area contributed by atoms with Gasteiger partial charge in [-0.2, -0.15) is 0 Å². The monoisotopic (exact) mass is 250 g/mol. The molecule has 0 fully saturated rings. The molecule has 0 aromatic heterocycles. The Morgan fingerprint density at radius 1 is 1.00 bits per heavy atom. The average Bonchev–Trinajstić information content (AvgIpc) is 2.06. The van der Waals surface area contributed by atoms with Crippen molar-refractivity contribution in [3.05, 3.63) is 0 Å². The van der Waals surface area contributed by atoms with Crippen LogP contribution in [0.1, 0.15) is 40.5 Å². The number of hydrogen-bond acceptors (Lipinski definition) is 4. The van der Waals surface area contributed by atoms with Crippen LogP contribution in [0.3, 0.4) is 0 Å². The third kappa shape index (κ3) is 19.8. The number of esters is 1.